The van der Waals surface area contributed by atoms with E-state index in [1.165, 1.54) is 0 Å². The van der Waals surface area contributed by atoms with Crippen molar-refractivity contribution in [2.24, 2.45) is 10.9 Å². The Morgan fingerprint density at radius 3 is 3.00 bits per heavy atom. The van der Waals surface area contributed by atoms with E-state index in [2.05, 4.69) is 11.1 Å². The van der Waals surface area contributed by atoms with Crippen molar-refractivity contribution in [2.75, 3.05) is 0 Å². The number of nitrogens with zero attached hydrogens (tertiary/aromatic N) is 2. The first-order valence-electron chi connectivity index (χ1n) is 4.25. The minimum Gasteiger partial charge on any atom is -0.489 e. The molecule has 0 bridgehead atoms. The fourth-order valence-corrected chi connectivity index (χ4v) is 1.27. The molecule has 0 radical (unpaired) electrons. The second-order valence-corrected chi connectivity index (χ2v) is 3.64. The molecule has 0 N–H and O–H groups in total. The van der Waals surface area contributed by atoms with Crippen LogP contribution in [0.2, 0.25) is 0 Å². The Kier molecular flexibility index (Phi) is 2.24. The lowest BCUT2D eigenvalue weighted by Crippen LogP contribution is -2.15. The summed E-state index contributed by atoms with van der Waals surface area (Å²) >= 11 is 5.78. The molecule has 0 spiro atoms. The number of rotatable bonds is 2. The highest BCUT2D eigenvalue weighted by Crippen LogP contribution is 2.28. The third-order valence-electron chi connectivity index (χ3n) is 1.96. The Morgan fingerprint density at radius 1 is 1.62 bits per heavy atom. The van der Waals surface area contributed by atoms with Crippen molar-refractivity contribution < 1.29 is 4.74 Å². The molecule has 1 fully saturated rings. The molecule has 3 nitrogen and oxygen atoms in total. The van der Waals surface area contributed by atoms with Gasteiger partial charge in [0.15, 0.2) is 0 Å². The average Bonchev–Trinajstić information content (AvgIpc) is 2.92. The zero-order chi connectivity index (χ0) is 9.26. The van der Waals surface area contributed by atoms with E-state index in [0.717, 1.165) is 12.8 Å². The van der Waals surface area contributed by atoms with Gasteiger partial charge in [0.1, 0.15) is 17.2 Å². The first kappa shape index (κ1) is 8.58. The van der Waals surface area contributed by atoms with Crippen molar-refractivity contribution in [1.82, 2.24) is 0 Å². The van der Waals surface area contributed by atoms with Crippen molar-refractivity contribution in [1.29, 1.82) is 5.26 Å². The van der Waals surface area contributed by atoms with Crippen LogP contribution in [0.1, 0.15) is 12.8 Å². The average molecular weight is 197 g/mol. The van der Waals surface area contributed by atoms with Gasteiger partial charge in [-0.05, 0) is 18.9 Å². The largest absolute Gasteiger partial charge is 0.489 e. The first-order valence-corrected chi connectivity index (χ1v) is 4.68. The normalized spacial score (nSPS) is 32.2. The molecule has 0 aromatic heterocycles. The predicted molar refractivity (Wildman–Crippen MR) is 49.4 cm³/mol. The summed E-state index contributed by atoms with van der Waals surface area (Å²) in [7, 11) is 0. The van der Waals surface area contributed by atoms with Crippen molar-refractivity contribution in [3.63, 3.8) is 0 Å². The predicted octanol–water partition coefficient (Wildman–Crippen LogP) is 1.84. The number of halogens is 1. The Hall–Kier alpha value is -1.01. The standard InChI is InChI=1S/C9H9ClN2O/c10-9-6(4-11)3-8(5-12-9)13-7-1-2-7/h3,5-7,9H,1-2H2. The van der Waals surface area contributed by atoms with Gasteiger partial charge >= 0.3 is 0 Å². The molecule has 1 aliphatic heterocycles. The Balaban J connectivity index is 2.03. The van der Waals surface area contributed by atoms with Crippen LogP contribution in [0.15, 0.2) is 16.8 Å². The van der Waals surface area contributed by atoms with E-state index in [9.17, 15) is 0 Å². The number of aliphatic imine (C=N–C) groups is 1. The monoisotopic (exact) mass is 196 g/mol. The molecule has 1 aliphatic carbocycles. The zero-order valence-corrected chi connectivity index (χ0v) is 7.74. The van der Waals surface area contributed by atoms with E-state index in [-0.39, 0.29) is 5.92 Å². The molecular formula is C9H9ClN2O. The van der Waals surface area contributed by atoms with Crippen LogP contribution in [0.3, 0.4) is 0 Å². The molecule has 0 saturated heterocycles. The van der Waals surface area contributed by atoms with Crippen LogP contribution in [0.4, 0.5) is 0 Å². The minimum absolute atomic E-state index is 0.337. The van der Waals surface area contributed by atoms with Crippen molar-refractivity contribution in [3.8, 4) is 6.07 Å². The lowest BCUT2D eigenvalue weighted by Gasteiger charge is -2.15. The second kappa shape index (κ2) is 3.39. The van der Waals surface area contributed by atoms with Gasteiger partial charge in [0.2, 0.25) is 0 Å². The van der Waals surface area contributed by atoms with E-state index in [1.807, 2.05) is 0 Å². The van der Waals surface area contributed by atoms with Gasteiger partial charge in [-0.15, -0.1) is 0 Å². The fourth-order valence-electron chi connectivity index (χ4n) is 1.08. The maximum absolute atomic E-state index is 8.72. The molecule has 2 rings (SSSR count). The minimum atomic E-state index is -0.462. The van der Waals surface area contributed by atoms with Crippen molar-refractivity contribution >= 4 is 17.8 Å². The van der Waals surface area contributed by atoms with Gasteiger partial charge in [0, 0.05) is 0 Å². The van der Waals surface area contributed by atoms with Crippen LogP contribution in [0, 0.1) is 17.2 Å². The van der Waals surface area contributed by atoms with Gasteiger partial charge in [0.25, 0.3) is 0 Å². The fraction of sp³-hybridized carbons (Fsp3) is 0.556. The molecule has 0 aromatic carbocycles. The molecule has 2 atom stereocenters. The first-order chi connectivity index (χ1) is 6.29. The summed E-state index contributed by atoms with van der Waals surface area (Å²) in [4.78, 5) is 3.97. The number of alkyl halides is 1. The van der Waals surface area contributed by atoms with E-state index in [1.54, 1.807) is 12.3 Å². The number of nitriles is 1. The van der Waals surface area contributed by atoms with Gasteiger partial charge in [-0.3, -0.25) is 4.99 Å². The highest BCUT2D eigenvalue weighted by molar-refractivity contribution is 6.21. The molecule has 2 aliphatic rings. The Labute approximate surface area is 81.7 Å². The summed E-state index contributed by atoms with van der Waals surface area (Å²) in [5.74, 6) is 0.325. The Morgan fingerprint density at radius 2 is 2.38 bits per heavy atom. The summed E-state index contributed by atoms with van der Waals surface area (Å²) in [5.41, 5.74) is -0.462. The summed E-state index contributed by atoms with van der Waals surface area (Å²) in [6.45, 7) is 0. The number of allylic oxidation sites excluding steroid dienone is 1. The number of dihydropyridines is 1. The van der Waals surface area contributed by atoms with Gasteiger partial charge in [-0.2, -0.15) is 5.26 Å². The Bertz CT molecular complexity index is 301. The summed E-state index contributed by atoms with van der Waals surface area (Å²) in [6, 6.07) is 2.08. The number of ether oxygens (including phenoxy) is 1. The van der Waals surface area contributed by atoms with Crippen LogP contribution >= 0.6 is 11.6 Å². The highest BCUT2D eigenvalue weighted by Gasteiger charge is 2.26. The quantitative estimate of drug-likeness (QED) is 0.500. The maximum Gasteiger partial charge on any atom is 0.143 e. The van der Waals surface area contributed by atoms with E-state index in [4.69, 9.17) is 21.6 Å². The van der Waals surface area contributed by atoms with Gasteiger partial charge in [-0.25, -0.2) is 0 Å². The molecule has 0 aromatic rings. The zero-order valence-electron chi connectivity index (χ0n) is 6.98. The van der Waals surface area contributed by atoms with Crippen LogP contribution in [0.5, 0.6) is 0 Å². The third-order valence-corrected chi connectivity index (χ3v) is 2.34. The lowest BCUT2D eigenvalue weighted by atomic mass is 10.1. The van der Waals surface area contributed by atoms with Crippen molar-refractivity contribution in [3.05, 3.63) is 11.8 Å². The molecule has 13 heavy (non-hydrogen) atoms. The van der Waals surface area contributed by atoms with E-state index < -0.39 is 5.50 Å². The van der Waals surface area contributed by atoms with Crippen LogP contribution < -0.4 is 0 Å². The molecular weight excluding hydrogens is 188 g/mol. The van der Waals surface area contributed by atoms with Crippen LogP contribution in [-0.4, -0.2) is 17.8 Å². The molecule has 68 valence electrons. The SMILES string of the molecule is N#CC1C=C(OC2CC2)C=NC1Cl. The smallest absolute Gasteiger partial charge is 0.143 e. The lowest BCUT2D eigenvalue weighted by molar-refractivity contribution is 0.214. The maximum atomic E-state index is 8.72. The second-order valence-electron chi connectivity index (χ2n) is 3.19. The molecule has 1 saturated carbocycles. The van der Waals surface area contributed by atoms with Crippen LogP contribution in [-0.2, 0) is 4.74 Å². The number of hydrogen-bond acceptors (Lipinski definition) is 3. The molecule has 0 amide bonds. The summed E-state index contributed by atoms with van der Waals surface area (Å²) in [5, 5.41) is 8.72. The van der Waals surface area contributed by atoms with Gasteiger partial charge in [-0.1, -0.05) is 11.6 Å². The highest BCUT2D eigenvalue weighted by atomic mass is 35.5. The van der Waals surface area contributed by atoms with E-state index in [0.29, 0.717) is 11.9 Å². The topological polar surface area (TPSA) is 45.4 Å². The molecule has 2 unspecified atom stereocenters. The van der Waals surface area contributed by atoms with Gasteiger partial charge in [0.05, 0.1) is 18.4 Å². The van der Waals surface area contributed by atoms with Crippen molar-refractivity contribution in [2.45, 2.75) is 24.4 Å². The third kappa shape index (κ3) is 2.02. The van der Waals surface area contributed by atoms with Gasteiger partial charge < -0.3 is 4.74 Å². The van der Waals surface area contributed by atoms with E-state index >= 15 is 0 Å². The summed E-state index contributed by atoms with van der Waals surface area (Å²) < 4.78 is 5.48. The van der Waals surface area contributed by atoms with Crippen LogP contribution in [0.25, 0.3) is 0 Å². The number of hydrogen-bond donors (Lipinski definition) is 0. The molecule has 1 heterocycles. The molecule has 4 heteroatoms. The summed E-state index contributed by atoms with van der Waals surface area (Å²) in [6.07, 6.45) is 5.88.